The zero-order valence-electron chi connectivity index (χ0n) is 78.4. The van der Waals surface area contributed by atoms with Crippen molar-refractivity contribution in [2.75, 3.05) is 26.2 Å². The fraction of sp³-hybridized carbons (Fsp3) is 0.695. The molecule has 54 heteroatoms. The maximum atomic E-state index is 14.6. The van der Waals surface area contributed by atoms with Gasteiger partial charge in [-0.1, -0.05) is 61.3 Å². The lowest BCUT2D eigenvalue weighted by atomic mass is 9.98. The molecular formula is C82H141N25O29. The number of hydrogen-bond acceptors (Lipinski definition) is 28. The van der Waals surface area contributed by atoms with E-state index in [1.165, 1.54) is 13.8 Å². The molecule has 0 bridgehead atoms. The van der Waals surface area contributed by atoms with Crippen molar-refractivity contribution in [3.05, 3.63) is 0 Å². The molecule has 0 heterocycles. The number of carboxylic acids is 4. The molecule has 768 valence electrons. The van der Waals surface area contributed by atoms with E-state index >= 15 is 0 Å². The van der Waals surface area contributed by atoms with Crippen LogP contribution in [0.4, 0.5) is 0 Å². The van der Waals surface area contributed by atoms with E-state index in [2.05, 4.69) is 95.7 Å². The Morgan fingerprint density at radius 1 is 0.309 bits per heavy atom. The minimum Gasteiger partial charge on any atom is -0.481 e. The Morgan fingerprint density at radius 2 is 0.610 bits per heavy atom. The third kappa shape index (κ3) is 51.1. The van der Waals surface area contributed by atoms with Crippen LogP contribution >= 0.6 is 0 Å². The average molecular weight is 1940 g/mol. The number of amides is 20. The first-order valence-electron chi connectivity index (χ1n) is 44.5. The molecule has 0 aromatic rings. The van der Waals surface area contributed by atoms with Crippen molar-refractivity contribution < 1.29 is 141 Å². The molecule has 136 heavy (non-hydrogen) atoms. The zero-order valence-corrected chi connectivity index (χ0v) is 78.4. The van der Waals surface area contributed by atoms with Gasteiger partial charge in [0.1, 0.15) is 96.7 Å². The Bertz CT molecular complexity index is 4120. The molecule has 17 atom stereocenters. The standard InChI is InChI=1S/C82H141N25O29/c1-12-13-19-45(98-78(133)55(35-62(117)118)104-75(130)50(24-27-58(86)111)101-77(132)54(34-61(115)116)94-44(11)109)70(125)97-48(22-18-31-90-82(88)89)72(127)100-51(25-28-60(113)114)69(124)93-41(8)67(122)91-37-59(112)92-42(9)68(123)95-49(23-26-57(85)110)74(129)102-52(32-38(2)3)76(131)99-46(20-14-16-29-83)71(126)96-47(21-15-17-30-84)73(128)103-53(33-39(4)5)79(134)106-64(40(6)7)81(136)105-56(36-63(119)120)80(135)107-65(43(10)108)66(87)121/h38-43,45-56,64-65,108H,12-37,83-84H2,1-11H3,(H2,85,110)(H2,86,111)(H2,87,121)(H,91,122)(H,92,112)(H,93,124)(H,94,109)(H,95,123)(H,96,126)(H,97,125)(H,98,133)(H,99,131)(H,100,127)(H,101,132)(H,102,129)(H,103,128)(H,104,130)(H,105,136)(H,106,134)(H,107,135)(H,113,114)(H,115,116)(H,117,118)(H,119,120)(H4,88,89,90)/t41-,42-,43+,45-,46-,47-,48-,49-,50-,51-,52-,53-,54-,55-,56-,64-,65-/m0/s1. The van der Waals surface area contributed by atoms with Gasteiger partial charge >= 0.3 is 23.9 Å². The van der Waals surface area contributed by atoms with Crippen LogP contribution in [-0.2, 0) is 115 Å². The van der Waals surface area contributed by atoms with Gasteiger partial charge in [0.25, 0.3) is 0 Å². The third-order valence-corrected chi connectivity index (χ3v) is 20.2. The second kappa shape index (κ2) is 64.4. The number of unbranched alkanes of at least 4 members (excludes halogenated alkanes) is 3. The van der Waals surface area contributed by atoms with Gasteiger partial charge in [0.2, 0.25) is 118 Å². The van der Waals surface area contributed by atoms with Gasteiger partial charge in [-0.3, -0.25) is 120 Å². The van der Waals surface area contributed by atoms with Gasteiger partial charge in [0.15, 0.2) is 5.96 Å². The van der Waals surface area contributed by atoms with E-state index in [0.717, 1.165) is 27.7 Å². The summed E-state index contributed by atoms with van der Waals surface area (Å²) >= 11 is 0. The molecule has 0 aliphatic heterocycles. The number of carboxylic acid groups (broad SMARTS) is 4. The summed E-state index contributed by atoms with van der Waals surface area (Å²) in [6.07, 6.45) is -7.89. The summed E-state index contributed by atoms with van der Waals surface area (Å²) in [6.45, 7) is 15.0. The molecular weight excluding hydrogens is 1800 g/mol. The molecule has 36 N–H and O–H groups in total. The van der Waals surface area contributed by atoms with Crippen molar-refractivity contribution in [2.45, 2.75) is 320 Å². The first kappa shape index (κ1) is 122. The predicted octanol–water partition coefficient (Wildman–Crippen LogP) is -9.94. The number of aliphatic hydroxyl groups is 1. The fourth-order valence-electron chi connectivity index (χ4n) is 13.0. The van der Waals surface area contributed by atoms with Crippen LogP contribution in [0.25, 0.3) is 0 Å². The molecule has 0 saturated carbocycles. The molecule has 54 nitrogen and oxygen atoms in total. The summed E-state index contributed by atoms with van der Waals surface area (Å²) in [4.78, 5) is 319. The lowest BCUT2D eigenvalue weighted by Gasteiger charge is -2.29. The minimum absolute atomic E-state index is 0.0676. The van der Waals surface area contributed by atoms with E-state index in [4.69, 9.17) is 39.8 Å². The van der Waals surface area contributed by atoms with E-state index in [-0.39, 0.29) is 95.7 Å². The highest BCUT2D eigenvalue weighted by Gasteiger charge is 2.41. The number of carbonyl (C=O) groups is 24. The van der Waals surface area contributed by atoms with Gasteiger partial charge in [0, 0.05) is 32.7 Å². The highest BCUT2D eigenvalue weighted by atomic mass is 16.4. The SMILES string of the molecule is CCCC[C@H](NC(=O)[C@H](CC(=O)O)NC(=O)[C@H](CCC(N)=O)NC(=O)[C@H](CC(=O)O)NC(C)=O)C(=O)N[C@@H](CCCNC(=N)N)C(=O)N[C@@H](CCC(=O)O)C(=O)N[C@@H](C)C(=O)NCC(=O)N[C@@H](C)C(=O)N[C@@H](CCC(N)=O)C(=O)N[C@@H](CC(C)C)C(=O)N[C@@H](CCCCN)C(=O)N[C@@H](CCCCN)C(=O)N[C@@H](CC(C)C)C(=O)N[C@H](C(=O)N[C@@H](CC(=O)O)C(=O)N[C@H](C(N)=O)[C@@H](C)O)C(C)C. The minimum atomic E-state index is -2.08. The van der Waals surface area contributed by atoms with Crippen LogP contribution in [0, 0.1) is 23.2 Å². The second-order valence-electron chi connectivity index (χ2n) is 33.7. The van der Waals surface area contributed by atoms with Crippen molar-refractivity contribution in [1.29, 1.82) is 5.41 Å². The molecule has 0 aliphatic carbocycles. The van der Waals surface area contributed by atoms with Crippen molar-refractivity contribution in [3.63, 3.8) is 0 Å². The Kier molecular flexibility index (Phi) is 57.9. The van der Waals surface area contributed by atoms with E-state index in [1.807, 2.05) is 0 Å². The number of rotatable bonds is 70. The van der Waals surface area contributed by atoms with Gasteiger partial charge in [-0.25, -0.2) is 0 Å². The summed E-state index contributed by atoms with van der Waals surface area (Å²) in [5, 5.41) is 98.6. The van der Waals surface area contributed by atoms with Crippen molar-refractivity contribution in [1.82, 2.24) is 95.7 Å². The number of nitrogens with one attached hydrogen (secondary N) is 19. The van der Waals surface area contributed by atoms with E-state index in [1.54, 1.807) is 34.6 Å². The van der Waals surface area contributed by atoms with Crippen LogP contribution < -0.4 is 130 Å². The van der Waals surface area contributed by atoms with Crippen LogP contribution in [0.15, 0.2) is 0 Å². The monoisotopic (exact) mass is 1940 g/mol. The van der Waals surface area contributed by atoms with E-state index in [9.17, 15) is 141 Å². The number of hydrogen-bond donors (Lipinski definition) is 30. The first-order valence-corrected chi connectivity index (χ1v) is 44.5. The van der Waals surface area contributed by atoms with Gasteiger partial charge in [0.05, 0.1) is 31.9 Å². The molecule has 0 aromatic heterocycles. The number of aliphatic carboxylic acids is 4. The van der Waals surface area contributed by atoms with Crippen molar-refractivity contribution >= 4 is 148 Å². The highest BCUT2D eigenvalue weighted by Crippen LogP contribution is 2.16. The largest absolute Gasteiger partial charge is 0.481 e. The summed E-state index contributed by atoms with van der Waals surface area (Å²) in [7, 11) is 0. The maximum absolute atomic E-state index is 14.6. The average Bonchev–Trinajstić information content (AvgIpc) is 0.842. The molecule has 20 amide bonds. The van der Waals surface area contributed by atoms with Crippen LogP contribution in [0.3, 0.4) is 0 Å². The summed E-state index contributed by atoms with van der Waals surface area (Å²) in [5.41, 5.74) is 33.1. The van der Waals surface area contributed by atoms with Crippen molar-refractivity contribution in [2.24, 2.45) is 52.2 Å². The highest BCUT2D eigenvalue weighted by molar-refractivity contribution is 6.02. The smallest absolute Gasteiger partial charge is 0.305 e. The van der Waals surface area contributed by atoms with E-state index in [0.29, 0.717) is 19.3 Å². The molecule has 0 aromatic carbocycles. The fourth-order valence-corrected chi connectivity index (χ4v) is 13.0. The summed E-state index contributed by atoms with van der Waals surface area (Å²) < 4.78 is 0. The Morgan fingerprint density at radius 3 is 0.949 bits per heavy atom. The Hall–Kier alpha value is -13.6. The molecule has 0 radical (unpaired) electrons. The maximum Gasteiger partial charge on any atom is 0.305 e. The topological polar surface area (TPSA) is 907 Å². The number of guanidine groups is 1. The van der Waals surface area contributed by atoms with Gasteiger partial charge in [-0.15, -0.1) is 0 Å². The normalized spacial score (nSPS) is 14.8. The quantitative estimate of drug-likeness (QED) is 0.0153. The van der Waals surface area contributed by atoms with Gasteiger partial charge in [-0.2, -0.15) is 0 Å². The third-order valence-electron chi connectivity index (χ3n) is 20.2. The lowest BCUT2D eigenvalue weighted by Crippen LogP contribution is -2.61. The number of nitrogens with two attached hydrogens (primary N) is 6. The van der Waals surface area contributed by atoms with Gasteiger partial charge in [-0.05, 0) is 142 Å². The number of carbonyl (C=O) groups excluding carboxylic acids is 20. The number of primary amides is 3. The lowest BCUT2D eigenvalue weighted by molar-refractivity contribution is -0.142. The molecule has 0 saturated heterocycles. The molecule has 0 fully saturated rings. The molecule has 0 unspecified atom stereocenters. The zero-order chi connectivity index (χ0) is 104. The Balaban J connectivity index is 6.97. The first-order chi connectivity index (χ1) is 63.5. The van der Waals surface area contributed by atoms with Crippen LogP contribution in [-0.4, -0.2) is 302 Å². The van der Waals surface area contributed by atoms with Crippen LogP contribution in [0.5, 0.6) is 0 Å². The number of aliphatic hydroxyl groups excluding tert-OH is 1. The second-order valence-corrected chi connectivity index (χ2v) is 33.7. The molecule has 0 rings (SSSR count). The molecule has 0 spiro atoms. The predicted molar refractivity (Wildman–Crippen MR) is 481 cm³/mol. The summed E-state index contributed by atoms with van der Waals surface area (Å²) in [5.74, 6) is -30.0. The van der Waals surface area contributed by atoms with Gasteiger partial charge < -0.3 is 156 Å². The summed E-state index contributed by atoms with van der Waals surface area (Å²) in [6, 6.07) is -26.6. The molecule has 0 aliphatic rings. The van der Waals surface area contributed by atoms with Crippen LogP contribution in [0.1, 0.15) is 217 Å². The van der Waals surface area contributed by atoms with Crippen LogP contribution in [0.2, 0.25) is 0 Å². The van der Waals surface area contributed by atoms with E-state index < -0.39 is 321 Å². The Labute approximate surface area is 785 Å². The van der Waals surface area contributed by atoms with Crippen molar-refractivity contribution in [3.8, 4) is 0 Å².